The molecule has 2 aromatic rings. The molecule has 1 N–H and O–H groups in total. The fourth-order valence-electron chi connectivity index (χ4n) is 2.33. The molecule has 1 aromatic carbocycles. The fraction of sp³-hybridized carbons (Fsp3) is 0.375. The molecular formula is C16H21NS. The Hall–Kier alpha value is -1.12. The molecule has 0 bridgehead atoms. The zero-order chi connectivity index (χ0) is 13.1. The van der Waals surface area contributed by atoms with E-state index < -0.39 is 0 Å². The molecule has 0 fully saturated rings. The van der Waals surface area contributed by atoms with Crippen LogP contribution in [0.4, 0.5) is 0 Å². The monoisotopic (exact) mass is 259 g/mol. The number of hydrogen-bond acceptors (Lipinski definition) is 2. The molecule has 18 heavy (non-hydrogen) atoms. The smallest absolute Gasteiger partial charge is 0.0590 e. The summed E-state index contributed by atoms with van der Waals surface area (Å²) in [7, 11) is 0. The van der Waals surface area contributed by atoms with Crippen LogP contribution in [0.1, 0.15) is 40.8 Å². The molecule has 0 aliphatic rings. The summed E-state index contributed by atoms with van der Waals surface area (Å²) in [6.45, 7) is 9.70. The summed E-state index contributed by atoms with van der Waals surface area (Å²) in [5, 5.41) is 8.11. The molecule has 1 aromatic heterocycles. The lowest BCUT2D eigenvalue weighted by Crippen LogP contribution is -2.23. The number of hydrogen-bond donors (Lipinski definition) is 1. The van der Waals surface area contributed by atoms with Crippen molar-refractivity contribution in [2.45, 2.75) is 33.7 Å². The van der Waals surface area contributed by atoms with Crippen molar-refractivity contribution in [3.63, 3.8) is 0 Å². The van der Waals surface area contributed by atoms with Gasteiger partial charge in [0.05, 0.1) is 6.04 Å². The lowest BCUT2D eigenvalue weighted by atomic mass is 9.93. The standard InChI is InChI=1S/C16H21NS/c1-5-17-16(15-10-18-9-13(15)4)14-8-11(2)6-7-12(14)3/h6-10,16-17H,5H2,1-4H3. The summed E-state index contributed by atoms with van der Waals surface area (Å²) >= 11 is 1.79. The van der Waals surface area contributed by atoms with Gasteiger partial charge in [-0.2, -0.15) is 11.3 Å². The highest BCUT2D eigenvalue weighted by Crippen LogP contribution is 2.30. The maximum Gasteiger partial charge on any atom is 0.0590 e. The molecule has 2 heteroatoms. The Kier molecular flexibility index (Phi) is 4.20. The molecule has 1 atom stereocenters. The van der Waals surface area contributed by atoms with Crippen LogP contribution < -0.4 is 5.32 Å². The van der Waals surface area contributed by atoms with Gasteiger partial charge in [0.15, 0.2) is 0 Å². The zero-order valence-corrected chi connectivity index (χ0v) is 12.4. The van der Waals surface area contributed by atoms with Gasteiger partial charge in [0, 0.05) is 0 Å². The molecule has 1 unspecified atom stereocenters. The van der Waals surface area contributed by atoms with E-state index in [4.69, 9.17) is 0 Å². The Bertz CT molecular complexity index is 528. The highest BCUT2D eigenvalue weighted by Gasteiger charge is 2.17. The largest absolute Gasteiger partial charge is 0.306 e. The van der Waals surface area contributed by atoms with E-state index in [0.717, 1.165) is 6.54 Å². The first-order valence-corrected chi connectivity index (χ1v) is 7.41. The summed E-state index contributed by atoms with van der Waals surface area (Å²) in [4.78, 5) is 0. The van der Waals surface area contributed by atoms with Crippen molar-refractivity contribution in [2.75, 3.05) is 6.54 Å². The van der Waals surface area contributed by atoms with E-state index in [-0.39, 0.29) is 0 Å². The van der Waals surface area contributed by atoms with Gasteiger partial charge in [-0.3, -0.25) is 0 Å². The number of nitrogens with one attached hydrogen (secondary N) is 1. The molecule has 1 heterocycles. The van der Waals surface area contributed by atoms with Crippen LogP contribution in [-0.2, 0) is 0 Å². The summed E-state index contributed by atoms with van der Waals surface area (Å²) in [6.07, 6.45) is 0. The van der Waals surface area contributed by atoms with Crippen molar-refractivity contribution >= 4 is 11.3 Å². The van der Waals surface area contributed by atoms with Crippen molar-refractivity contribution in [3.8, 4) is 0 Å². The van der Waals surface area contributed by atoms with Crippen molar-refractivity contribution < 1.29 is 0 Å². The quantitative estimate of drug-likeness (QED) is 0.859. The third kappa shape index (κ3) is 2.65. The first kappa shape index (κ1) is 13.3. The molecule has 0 spiro atoms. The Balaban J connectivity index is 2.48. The average Bonchev–Trinajstić information content (AvgIpc) is 2.76. The second kappa shape index (κ2) is 5.68. The highest BCUT2D eigenvalue weighted by molar-refractivity contribution is 7.08. The van der Waals surface area contributed by atoms with E-state index in [9.17, 15) is 0 Å². The van der Waals surface area contributed by atoms with Crippen LogP contribution in [0.25, 0.3) is 0 Å². The summed E-state index contributed by atoms with van der Waals surface area (Å²) in [5.41, 5.74) is 6.88. The molecule has 1 nitrogen and oxygen atoms in total. The van der Waals surface area contributed by atoms with Crippen LogP contribution in [-0.4, -0.2) is 6.54 Å². The van der Waals surface area contributed by atoms with E-state index in [0.29, 0.717) is 6.04 Å². The Morgan fingerprint density at radius 3 is 2.44 bits per heavy atom. The Morgan fingerprint density at radius 1 is 1.06 bits per heavy atom. The molecule has 0 saturated heterocycles. The van der Waals surface area contributed by atoms with Crippen molar-refractivity contribution in [2.24, 2.45) is 0 Å². The minimum atomic E-state index is 0.321. The van der Waals surface area contributed by atoms with Gasteiger partial charge in [-0.05, 0) is 60.3 Å². The SMILES string of the molecule is CCNC(c1cscc1C)c1cc(C)ccc1C. The minimum absolute atomic E-state index is 0.321. The van der Waals surface area contributed by atoms with E-state index >= 15 is 0 Å². The summed E-state index contributed by atoms with van der Waals surface area (Å²) < 4.78 is 0. The molecule has 0 aliphatic heterocycles. The molecule has 0 saturated carbocycles. The van der Waals surface area contributed by atoms with Gasteiger partial charge in [0.25, 0.3) is 0 Å². The van der Waals surface area contributed by atoms with Gasteiger partial charge < -0.3 is 5.32 Å². The molecule has 0 aliphatic carbocycles. The van der Waals surface area contributed by atoms with E-state index in [1.807, 2.05) is 0 Å². The number of benzene rings is 1. The third-order valence-corrected chi connectivity index (χ3v) is 4.24. The highest BCUT2D eigenvalue weighted by atomic mass is 32.1. The van der Waals surface area contributed by atoms with Crippen LogP contribution in [0, 0.1) is 20.8 Å². The van der Waals surface area contributed by atoms with E-state index in [1.54, 1.807) is 11.3 Å². The van der Waals surface area contributed by atoms with Crippen LogP contribution in [0.5, 0.6) is 0 Å². The van der Waals surface area contributed by atoms with Gasteiger partial charge in [0.1, 0.15) is 0 Å². The fourth-order valence-corrected chi connectivity index (χ4v) is 3.21. The lowest BCUT2D eigenvalue weighted by molar-refractivity contribution is 0.626. The molecular weight excluding hydrogens is 238 g/mol. The topological polar surface area (TPSA) is 12.0 Å². The predicted octanol–water partition coefficient (Wildman–Crippen LogP) is 4.37. The predicted molar refractivity (Wildman–Crippen MR) is 80.5 cm³/mol. The van der Waals surface area contributed by atoms with Gasteiger partial charge in [0.2, 0.25) is 0 Å². The van der Waals surface area contributed by atoms with Crippen LogP contribution in [0.2, 0.25) is 0 Å². The van der Waals surface area contributed by atoms with Gasteiger partial charge >= 0.3 is 0 Å². The number of rotatable bonds is 4. The first-order chi connectivity index (χ1) is 8.63. The first-order valence-electron chi connectivity index (χ1n) is 6.46. The molecule has 2 rings (SSSR count). The zero-order valence-electron chi connectivity index (χ0n) is 11.6. The van der Waals surface area contributed by atoms with Gasteiger partial charge in [-0.25, -0.2) is 0 Å². The maximum atomic E-state index is 3.62. The second-order valence-electron chi connectivity index (χ2n) is 4.86. The number of aryl methyl sites for hydroxylation is 3. The van der Waals surface area contributed by atoms with E-state index in [1.165, 1.54) is 27.8 Å². The second-order valence-corrected chi connectivity index (χ2v) is 5.60. The van der Waals surface area contributed by atoms with Gasteiger partial charge in [-0.15, -0.1) is 0 Å². The van der Waals surface area contributed by atoms with E-state index in [2.05, 4.69) is 62.0 Å². The van der Waals surface area contributed by atoms with Crippen LogP contribution in [0.15, 0.2) is 29.0 Å². The van der Waals surface area contributed by atoms with Crippen molar-refractivity contribution in [1.29, 1.82) is 0 Å². The number of thiophene rings is 1. The molecule has 0 amide bonds. The molecule has 0 radical (unpaired) electrons. The summed E-state index contributed by atoms with van der Waals surface area (Å²) in [5.74, 6) is 0. The van der Waals surface area contributed by atoms with Crippen molar-refractivity contribution in [3.05, 3.63) is 56.8 Å². The Morgan fingerprint density at radius 2 is 1.83 bits per heavy atom. The maximum absolute atomic E-state index is 3.62. The lowest BCUT2D eigenvalue weighted by Gasteiger charge is -2.21. The van der Waals surface area contributed by atoms with Gasteiger partial charge in [-0.1, -0.05) is 30.7 Å². The van der Waals surface area contributed by atoms with Crippen LogP contribution >= 0.6 is 11.3 Å². The summed E-state index contributed by atoms with van der Waals surface area (Å²) in [6, 6.07) is 7.03. The molecule has 96 valence electrons. The van der Waals surface area contributed by atoms with Crippen molar-refractivity contribution in [1.82, 2.24) is 5.32 Å². The third-order valence-electron chi connectivity index (χ3n) is 3.36. The van der Waals surface area contributed by atoms with Crippen LogP contribution in [0.3, 0.4) is 0 Å². The average molecular weight is 259 g/mol. The minimum Gasteiger partial charge on any atom is -0.306 e. The Labute approximate surface area is 114 Å². The normalized spacial score (nSPS) is 12.7.